The van der Waals surface area contributed by atoms with E-state index in [1.165, 1.54) is 9.80 Å². The van der Waals surface area contributed by atoms with Crippen LogP contribution in [0.5, 0.6) is 11.5 Å². The van der Waals surface area contributed by atoms with E-state index in [0.29, 0.717) is 61.5 Å². The minimum Gasteiger partial charge on any atom is -0.457 e. The Bertz CT molecular complexity index is 2620. The molecular formula is C55H66N4O12S2. The number of Topliss-reactive ketones (excluding diaryl/α,β-unsaturated/α-hetero) is 2. The van der Waals surface area contributed by atoms with Crippen LogP contribution in [0.25, 0.3) is 21.4 Å². The number of thiazole rings is 1. The van der Waals surface area contributed by atoms with Crippen molar-refractivity contribution in [2.24, 2.45) is 11.3 Å². The maximum absolute atomic E-state index is 14.0. The Morgan fingerprint density at radius 2 is 1.47 bits per heavy atom. The molecule has 3 amide bonds. The number of amides is 3. The van der Waals surface area contributed by atoms with E-state index < -0.39 is 23.5 Å². The van der Waals surface area contributed by atoms with Crippen LogP contribution in [0.3, 0.4) is 0 Å². The van der Waals surface area contributed by atoms with E-state index in [2.05, 4.69) is 9.83 Å². The number of carbonyl (C=O) groups is 5. The molecular weight excluding hydrogens is 973 g/mol. The second-order valence-corrected chi connectivity index (χ2v) is 20.9. The number of aryl methyl sites for hydroxylation is 4. The maximum Gasteiger partial charge on any atom is 0.293 e. The van der Waals surface area contributed by atoms with Gasteiger partial charge in [0.2, 0.25) is 5.91 Å². The molecule has 3 heterocycles. The Morgan fingerprint density at radius 1 is 0.849 bits per heavy atom. The van der Waals surface area contributed by atoms with Gasteiger partial charge < -0.3 is 38.4 Å². The molecule has 2 saturated heterocycles. The fourth-order valence-electron chi connectivity index (χ4n) is 8.33. The monoisotopic (exact) mass is 1040 g/mol. The lowest BCUT2D eigenvalue weighted by molar-refractivity contribution is -0.146. The smallest absolute Gasteiger partial charge is 0.293 e. The van der Waals surface area contributed by atoms with E-state index in [-0.39, 0.29) is 94.0 Å². The number of rotatable bonds is 28. The molecule has 3 aromatic carbocycles. The molecule has 0 bridgehead atoms. The van der Waals surface area contributed by atoms with Crippen LogP contribution in [-0.2, 0) is 49.3 Å². The van der Waals surface area contributed by atoms with Crippen LogP contribution in [0.1, 0.15) is 68.0 Å². The van der Waals surface area contributed by atoms with Gasteiger partial charge in [0, 0.05) is 31.7 Å². The highest BCUT2D eigenvalue weighted by Gasteiger charge is 2.44. The molecule has 18 heteroatoms. The number of aromatic nitrogens is 1. The molecule has 0 radical (unpaired) electrons. The number of aliphatic hydroxyl groups is 1. The Labute approximate surface area is 436 Å². The molecule has 2 aliphatic rings. The van der Waals surface area contributed by atoms with Gasteiger partial charge in [0.15, 0.2) is 17.3 Å². The van der Waals surface area contributed by atoms with E-state index in [9.17, 15) is 29.1 Å². The predicted molar refractivity (Wildman–Crippen MR) is 280 cm³/mol. The fraction of sp³-hybridized carbons (Fsp3) is 0.473. The number of likely N-dealkylation sites (tertiary alicyclic amines) is 1. The summed E-state index contributed by atoms with van der Waals surface area (Å²) >= 11 is 2.47. The highest BCUT2D eigenvalue weighted by molar-refractivity contribution is 8.18. The summed E-state index contributed by atoms with van der Waals surface area (Å²) in [5, 5.41) is 10.2. The summed E-state index contributed by atoms with van der Waals surface area (Å²) in [6.45, 7) is 21.1. The van der Waals surface area contributed by atoms with Crippen LogP contribution < -0.4 is 4.74 Å². The van der Waals surface area contributed by atoms with Crippen molar-refractivity contribution in [3.63, 3.8) is 0 Å². The second-order valence-electron chi connectivity index (χ2n) is 19.0. The molecule has 3 atom stereocenters. The zero-order valence-corrected chi connectivity index (χ0v) is 44.2. The summed E-state index contributed by atoms with van der Waals surface area (Å²) in [4.78, 5) is 78.2. The maximum atomic E-state index is 14.0. The number of β-amino-alcohol motifs (C(OH)–C–C–N with tert-alkyl or cyclic N) is 1. The molecule has 390 valence electrons. The Morgan fingerprint density at radius 3 is 2.05 bits per heavy atom. The third kappa shape index (κ3) is 16.7. The topological polar surface area (TPSA) is 185 Å². The first kappa shape index (κ1) is 56.7. The third-order valence-electron chi connectivity index (χ3n) is 12.4. The Balaban J connectivity index is 0.781. The van der Waals surface area contributed by atoms with Gasteiger partial charge >= 0.3 is 0 Å². The molecule has 6 rings (SSSR count). The van der Waals surface area contributed by atoms with Gasteiger partial charge in [-0.05, 0) is 103 Å². The Kier molecular flexibility index (Phi) is 21.4. The lowest BCUT2D eigenvalue weighted by atomic mass is 9.76. The number of carbonyl (C=O) groups excluding carboxylic acids is 5. The van der Waals surface area contributed by atoms with Crippen LogP contribution in [0.4, 0.5) is 10.5 Å². The molecule has 73 heavy (non-hydrogen) atoms. The van der Waals surface area contributed by atoms with Gasteiger partial charge in [0.25, 0.3) is 11.1 Å². The van der Waals surface area contributed by atoms with Crippen LogP contribution in [0.2, 0.25) is 0 Å². The number of nitrogens with zero attached hydrogens (tertiary/aromatic N) is 4. The highest BCUT2D eigenvalue weighted by Crippen LogP contribution is 2.36. The first-order valence-corrected chi connectivity index (χ1v) is 26.1. The molecule has 0 aliphatic carbocycles. The molecule has 16 nitrogen and oxygen atoms in total. The van der Waals surface area contributed by atoms with Gasteiger partial charge in [-0.3, -0.25) is 28.9 Å². The second kappa shape index (κ2) is 27.6. The molecule has 2 aliphatic heterocycles. The highest BCUT2D eigenvalue weighted by atomic mass is 32.2. The average Bonchev–Trinajstić information content (AvgIpc) is 4.05. The fourth-order valence-corrected chi connectivity index (χ4v) is 10.0. The summed E-state index contributed by atoms with van der Waals surface area (Å²) in [7, 11) is 0. The first-order valence-electron chi connectivity index (χ1n) is 24.5. The van der Waals surface area contributed by atoms with Crippen molar-refractivity contribution in [3.8, 4) is 21.9 Å². The van der Waals surface area contributed by atoms with E-state index in [1.54, 1.807) is 35.6 Å². The largest absolute Gasteiger partial charge is 0.457 e. The standard InChI is InChI=1S/C55H66N4O12S2/c1-36-28-40(11-16-48(36)71-49-17-14-42(56-7)29-37(49)2)30-50-53(64)58(54(65)73-50)18-19-66-20-21-67-22-23-68-24-25-69-26-27-70-34-44(61)31-45(55(4,5)6)52(63)59-33-43(60)32-46(59)47(62)15-10-39-8-12-41(13-9-39)51-38(3)57-35-72-51/h8-9,11-14,16-17,28-30,35,43,45-46,60H,10,15,18-27,31-34H2,1-6H3/b50-30-/t43-,45-,46+/m1/s1. The molecule has 4 aromatic rings. The van der Waals surface area contributed by atoms with Crippen molar-refractivity contribution in [3.05, 3.63) is 110 Å². The molecule has 0 saturated carbocycles. The summed E-state index contributed by atoms with van der Waals surface area (Å²) in [5.74, 6) is -0.431. The van der Waals surface area contributed by atoms with Crippen molar-refractivity contribution >= 4 is 63.5 Å². The minimum atomic E-state index is -0.817. The van der Waals surface area contributed by atoms with Gasteiger partial charge in [0.1, 0.15) is 18.1 Å². The van der Waals surface area contributed by atoms with E-state index in [1.807, 2.05) is 89.5 Å². The van der Waals surface area contributed by atoms with E-state index in [4.69, 9.17) is 35.0 Å². The first-order chi connectivity index (χ1) is 35.0. The number of imide groups is 1. The minimum absolute atomic E-state index is 0.0501. The number of hydrogen-bond acceptors (Lipinski definition) is 15. The summed E-state index contributed by atoms with van der Waals surface area (Å²) in [6, 6.07) is 18.1. The zero-order valence-electron chi connectivity index (χ0n) is 42.5. The third-order valence-corrected chi connectivity index (χ3v) is 14.3. The summed E-state index contributed by atoms with van der Waals surface area (Å²) in [6.07, 6.45) is 1.74. The average molecular weight is 1040 g/mol. The van der Waals surface area contributed by atoms with Gasteiger partial charge in [-0.15, -0.1) is 11.3 Å². The number of benzene rings is 3. The van der Waals surface area contributed by atoms with E-state index >= 15 is 0 Å². The number of hydrogen-bond donors (Lipinski definition) is 1. The van der Waals surface area contributed by atoms with Crippen LogP contribution in [-0.4, -0.2) is 140 Å². The van der Waals surface area contributed by atoms with Crippen molar-refractivity contribution in [2.75, 3.05) is 79.2 Å². The van der Waals surface area contributed by atoms with Crippen molar-refractivity contribution < 1.29 is 57.5 Å². The van der Waals surface area contributed by atoms with Gasteiger partial charge in [0.05, 0.1) is 106 Å². The quantitative estimate of drug-likeness (QED) is 0.0323. The molecule has 2 fully saturated rings. The lowest BCUT2D eigenvalue weighted by Crippen LogP contribution is -2.47. The van der Waals surface area contributed by atoms with Crippen LogP contribution >= 0.6 is 23.1 Å². The SMILES string of the molecule is [C-]#[N+]c1ccc(Oc2ccc(/C=C3\SC(=O)N(CCOCCOCCOCCOCCOCC(=O)C[C@H](C(=O)N4C[C@H](O)C[C@H]4C(=O)CCc4ccc(-c5scnc5C)cc4)C(C)(C)C)C3=O)cc2C)c(C)c1. The van der Waals surface area contributed by atoms with Crippen molar-refractivity contribution in [1.29, 1.82) is 0 Å². The summed E-state index contributed by atoms with van der Waals surface area (Å²) in [5.41, 5.74) is 7.30. The lowest BCUT2D eigenvalue weighted by Gasteiger charge is -2.34. The van der Waals surface area contributed by atoms with Crippen molar-refractivity contribution in [1.82, 2.24) is 14.8 Å². The zero-order chi connectivity index (χ0) is 52.5. The van der Waals surface area contributed by atoms with Gasteiger partial charge in [-0.2, -0.15) is 0 Å². The Hall–Kier alpha value is -5.62. The summed E-state index contributed by atoms with van der Waals surface area (Å²) < 4.78 is 33.9. The number of thioether (sulfide) groups is 1. The molecule has 1 aromatic heterocycles. The molecule has 0 spiro atoms. The molecule has 0 unspecified atom stereocenters. The number of aliphatic hydroxyl groups excluding tert-OH is 1. The molecule has 1 N–H and O–H groups in total. The van der Waals surface area contributed by atoms with Crippen molar-refractivity contribution in [2.45, 2.75) is 79.4 Å². The number of ether oxygens (including phenoxy) is 6. The van der Waals surface area contributed by atoms with Gasteiger partial charge in [-0.25, -0.2) is 9.83 Å². The van der Waals surface area contributed by atoms with E-state index in [0.717, 1.165) is 50.2 Å². The normalized spacial score (nSPS) is 16.9. The number of ketones is 2. The van der Waals surface area contributed by atoms with Crippen LogP contribution in [0, 0.1) is 38.7 Å². The van der Waals surface area contributed by atoms with Gasteiger partial charge in [-0.1, -0.05) is 57.2 Å². The predicted octanol–water partition coefficient (Wildman–Crippen LogP) is 8.98. The van der Waals surface area contributed by atoms with Crippen LogP contribution in [0.15, 0.2) is 71.1 Å².